The maximum atomic E-state index is 12.5. The summed E-state index contributed by atoms with van der Waals surface area (Å²) in [5, 5.41) is 11.3. The molecule has 4 rings (SSSR count). The molecule has 1 saturated heterocycles. The molecule has 1 aliphatic rings. The number of amides is 1. The number of rotatable bonds is 4. The molecule has 1 atom stereocenters. The predicted molar refractivity (Wildman–Crippen MR) is 105 cm³/mol. The van der Waals surface area contributed by atoms with Crippen molar-refractivity contribution in [3.63, 3.8) is 0 Å². The molecule has 1 amide bonds. The summed E-state index contributed by atoms with van der Waals surface area (Å²) in [5.41, 5.74) is 1.99. The minimum Gasteiger partial charge on any atom is -0.383 e. The third-order valence-corrected chi connectivity index (χ3v) is 5.80. The van der Waals surface area contributed by atoms with Gasteiger partial charge in [-0.15, -0.1) is 0 Å². The lowest BCUT2D eigenvalue weighted by Gasteiger charge is -2.35. The number of aromatic nitrogens is 1. The molecule has 2 heterocycles. The number of carbonyl (C=O) groups is 1. The highest BCUT2D eigenvalue weighted by Gasteiger charge is 2.27. The monoisotopic (exact) mass is 367 g/mol. The molecule has 3 aromatic rings. The molecule has 0 radical (unpaired) electrons. The van der Waals surface area contributed by atoms with Crippen LogP contribution >= 0.6 is 11.3 Å². The second kappa shape index (κ2) is 7.43. The molecule has 1 unspecified atom stereocenters. The van der Waals surface area contributed by atoms with Gasteiger partial charge in [-0.2, -0.15) is 0 Å². The largest absolute Gasteiger partial charge is 0.383 e. The summed E-state index contributed by atoms with van der Waals surface area (Å²) >= 11 is 1.68. The molecule has 1 fully saturated rings. The van der Waals surface area contributed by atoms with Crippen LogP contribution in [0, 0.1) is 0 Å². The first-order valence-electron chi connectivity index (χ1n) is 8.82. The first kappa shape index (κ1) is 17.0. The third-order valence-electron chi connectivity index (χ3n) is 4.70. The van der Waals surface area contributed by atoms with Gasteiger partial charge in [0.2, 0.25) is 0 Å². The molecule has 5 nitrogen and oxygen atoms in total. The van der Waals surface area contributed by atoms with Crippen molar-refractivity contribution >= 4 is 32.6 Å². The number of hydrogen-bond donors (Lipinski definition) is 1. The van der Waals surface area contributed by atoms with Crippen LogP contribution in [0.15, 0.2) is 54.6 Å². The molecule has 0 bridgehead atoms. The van der Waals surface area contributed by atoms with E-state index in [0.29, 0.717) is 19.5 Å². The first-order valence-corrected chi connectivity index (χ1v) is 9.63. The molecular formula is C20H21N3O2S. The summed E-state index contributed by atoms with van der Waals surface area (Å²) in [6.45, 7) is 2.70. The van der Waals surface area contributed by atoms with Crippen LogP contribution in [0.1, 0.15) is 5.56 Å². The van der Waals surface area contributed by atoms with Crippen LogP contribution < -0.4 is 4.90 Å². The maximum absolute atomic E-state index is 12.5. The highest BCUT2D eigenvalue weighted by Crippen LogP contribution is 2.29. The van der Waals surface area contributed by atoms with Crippen molar-refractivity contribution in [2.45, 2.75) is 12.5 Å². The van der Waals surface area contributed by atoms with E-state index in [4.69, 9.17) is 0 Å². The Morgan fingerprint density at radius 1 is 1.04 bits per heavy atom. The number of anilines is 1. The summed E-state index contributed by atoms with van der Waals surface area (Å²) in [5.74, 6) is -0.183. The topological polar surface area (TPSA) is 56.7 Å². The van der Waals surface area contributed by atoms with Crippen LogP contribution in [-0.4, -0.2) is 53.2 Å². The number of aliphatic hydroxyl groups is 1. The zero-order chi connectivity index (χ0) is 17.9. The number of aliphatic hydroxyl groups excluding tert-OH is 1. The lowest BCUT2D eigenvalue weighted by Crippen LogP contribution is -2.51. The molecule has 0 aliphatic carbocycles. The Balaban J connectivity index is 1.36. The number of benzene rings is 2. The van der Waals surface area contributed by atoms with Gasteiger partial charge in [0.15, 0.2) is 5.13 Å². The quantitative estimate of drug-likeness (QED) is 0.770. The Kier molecular flexibility index (Phi) is 4.86. The molecule has 134 valence electrons. The van der Waals surface area contributed by atoms with Crippen molar-refractivity contribution < 1.29 is 9.90 Å². The number of hydrogen-bond acceptors (Lipinski definition) is 5. The number of fused-ring (bicyclic) bond motifs is 1. The van der Waals surface area contributed by atoms with Gasteiger partial charge < -0.3 is 14.9 Å². The van der Waals surface area contributed by atoms with Crippen LogP contribution in [0.4, 0.5) is 5.13 Å². The Morgan fingerprint density at radius 3 is 2.46 bits per heavy atom. The lowest BCUT2D eigenvalue weighted by atomic mass is 10.1. The SMILES string of the molecule is O=C(C(O)Cc1ccccc1)N1CCN(c2nc3ccccc3s2)CC1. The lowest BCUT2D eigenvalue weighted by molar-refractivity contribution is -0.140. The molecule has 0 saturated carbocycles. The van der Waals surface area contributed by atoms with Crippen LogP contribution in [0.25, 0.3) is 10.2 Å². The van der Waals surface area contributed by atoms with E-state index in [-0.39, 0.29) is 5.91 Å². The molecule has 1 aliphatic heterocycles. The molecule has 0 spiro atoms. The summed E-state index contributed by atoms with van der Waals surface area (Å²) in [6.07, 6.45) is -0.621. The van der Waals surface area contributed by atoms with Crippen molar-refractivity contribution in [1.82, 2.24) is 9.88 Å². The molecule has 1 N–H and O–H groups in total. The second-order valence-corrected chi connectivity index (χ2v) is 7.49. The number of nitrogens with zero attached hydrogens (tertiary/aromatic N) is 3. The van der Waals surface area contributed by atoms with Gasteiger partial charge in [-0.1, -0.05) is 53.8 Å². The van der Waals surface area contributed by atoms with E-state index in [1.165, 1.54) is 4.70 Å². The summed E-state index contributed by atoms with van der Waals surface area (Å²) < 4.78 is 1.18. The van der Waals surface area contributed by atoms with E-state index >= 15 is 0 Å². The number of piperazine rings is 1. The second-order valence-electron chi connectivity index (χ2n) is 6.48. The first-order chi connectivity index (χ1) is 12.7. The fourth-order valence-corrected chi connectivity index (χ4v) is 4.27. The van der Waals surface area contributed by atoms with Gasteiger partial charge >= 0.3 is 0 Å². The van der Waals surface area contributed by atoms with Crippen molar-refractivity contribution in [2.75, 3.05) is 31.1 Å². The highest BCUT2D eigenvalue weighted by atomic mass is 32.1. The van der Waals surface area contributed by atoms with E-state index < -0.39 is 6.10 Å². The van der Waals surface area contributed by atoms with Gasteiger partial charge in [-0.25, -0.2) is 4.98 Å². The molecule has 6 heteroatoms. The zero-order valence-electron chi connectivity index (χ0n) is 14.4. The fraction of sp³-hybridized carbons (Fsp3) is 0.300. The Labute approximate surface area is 156 Å². The Hall–Kier alpha value is -2.44. The standard InChI is InChI=1S/C20H21N3O2S/c24-17(14-15-6-2-1-3-7-15)19(25)22-10-12-23(13-11-22)20-21-16-8-4-5-9-18(16)26-20/h1-9,17,24H,10-14H2. The zero-order valence-corrected chi connectivity index (χ0v) is 15.2. The van der Waals surface area contributed by atoms with Gasteiger partial charge in [-0.3, -0.25) is 4.79 Å². The van der Waals surface area contributed by atoms with Gasteiger partial charge in [0, 0.05) is 32.6 Å². The van der Waals surface area contributed by atoms with E-state index in [2.05, 4.69) is 16.0 Å². The normalized spacial score (nSPS) is 16.0. The molecule has 1 aromatic heterocycles. The molecule has 26 heavy (non-hydrogen) atoms. The number of thiazole rings is 1. The van der Waals surface area contributed by atoms with Crippen LogP contribution in [0.2, 0.25) is 0 Å². The van der Waals surface area contributed by atoms with Crippen LogP contribution in [0.3, 0.4) is 0 Å². The smallest absolute Gasteiger partial charge is 0.251 e. The number of para-hydroxylation sites is 1. The van der Waals surface area contributed by atoms with Gasteiger partial charge in [-0.05, 0) is 17.7 Å². The predicted octanol–water partition coefficient (Wildman–Crippen LogP) is 2.55. The van der Waals surface area contributed by atoms with Crippen molar-refractivity contribution in [3.05, 3.63) is 60.2 Å². The molecule has 2 aromatic carbocycles. The van der Waals surface area contributed by atoms with Crippen molar-refractivity contribution in [2.24, 2.45) is 0 Å². The third kappa shape index (κ3) is 3.57. The minimum atomic E-state index is -0.980. The Morgan fingerprint density at radius 2 is 1.73 bits per heavy atom. The maximum Gasteiger partial charge on any atom is 0.251 e. The van der Waals surface area contributed by atoms with Gasteiger partial charge in [0.1, 0.15) is 6.10 Å². The fourth-order valence-electron chi connectivity index (χ4n) is 3.25. The van der Waals surface area contributed by atoms with Gasteiger partial charge in [0.25, 0.3) is 5.91 Å². The average Bonchev–Trinajstić information content (AvgIpc) is 3.12. The van der Waals surface area contributed by atoms with Crippen molar-refractivity contribution in [1.29, 1.82) is 0 Å². The Bertz CT molecular complexity index is 855. The minimum absolute atomic E-state index is 0.183. The van der Waals surface area contributed by atoms with E-state index in [1.54, 1.807) is 16.2 Å². The summed E-state index contributed by atoms with van der Waals surface area (Å²) in [4.78, 5) is 21.2. The van der Waals surface area contributed by atoms with Gasteiger partial charge in [0.05, 0.1) is 10.2 Å². The van der Waals surface area contributed by atoms with Crippen LogP contribution in [0.5, 0.6) is 0 Å². The highest BCUT2D eigenvalue weighted by molar-refractivity contribution is 7.22. The average molecular weight is 367 g/mol. The van der Waals surface area contributed by atoms with Crippen LogP contribution in [-0.2, 0) is 11.2 Å². The van der Waals surface area contributed by atoms with E-state index in [1.807, 2.05) is 48.5 Å². The summed E-state index contributed by atoms with van der Waals surface area (Å²) in [7, 11) is 0. The van der Waals surface area contributed by atoms with E-state index in [9.17, 15) is 9.90 Å². The van der Waals surface area contributed by atoms with Crippen molar-refractivity contribution in [3.8, 4) is 0 Å². The summed E-state index contributed by atoms with van der Waals surface area (Å²) in [6, 6.07) is 17.8. The number of carbonyl (C=O) groups excluding carboxylic acids is 1. The molecular weight excluding hydrogens is 346 g/mol. The van der Waals surface area contributed by atoms with E-state index in [0.717, 1.165) is 29.3 Å².